The van der Waals surface area contributed by atoms with Gasteiger partial charge < -0.3 is 4.90 Å². The van der Waals surface area contributed by atoms with Gasteiger partial charge in [-0.15, -0.1) is 0 Å². The first-order valence-corrected chi connectivity index (χ1v) is 8.37. The molecule has 0 fully saturated rings. The summed E-state index contributed by atoms with van der Waals surface area (Å²) >= 11 is 0. The number of hydrogen-bond acceptors (Lipinski definition) is 3. The van der Waals surface area contributed by atoms with E-state index >= 15 is 0 Å². The summed E-state index contributed by atoms with van der Waals surface area (Å²) in [6, 6.07) is 23.0. The minimum atomic E-state index is -0.0647. The molecule has 4 rings (SSSR count). The Labute approximate surface area is 151 Å². The van der Waals surface area contributed by atoms with Crippen molar-refractivity contribution in [1.29, 1.82) is 0 Å². The molecular weight excluding hydrogens is 322 g/mol. The van der Waals surface area contributed by atoms with Crippen LogP contribution >= 0.6 is 0 Å². The summed E-state index contributed by atoms with van der Waals surface area (Å²) in [5, 5.41) is 0.845. The van der Waals surface area contributed by atoms with E-state index in [1.807, 2.05) is 72.8 Å². The summed E-state index contributed by atoms with van der Waals surface area (Å²) < 4.78 is 0. The number of carbonyl (C=O) groups is 1. The SMILES string of the molecule is CN(C(=O)c1cc(-c2ccncc2)nc2ccccc12)c1ccccc1. The second kappa shape index (κ2) is 6.76. The van der Waals surface area contributed by atoms with E-state index in [4.69, 9.17) is 4.98 Å². The molecule has 0 saturated carbocycles. The topological polar surface area (TPSA) is 46.1 Å². The van der Waals surface area contributed by atoms with Crippen molar-refractivity contribution in [3.8, 4) is 11.3 Å². The lowest BCUT2D eigenvalue weighted by Crippen LogP contribution is -2.26. The first kappa shape index (κ1) is 16.0. The molecule has 4 nitrogen and oxygen atoms in total. The van der Waals surface area contributed by atoms with E-state index in [1.165, 1.54) is 0 Å². The standard InChI is InChI=1S/C22H17N3O/c1-25(17-7-3-2-4-8-17)22(26)19-15-21(16-11-13-23-14-12-16)24-20-10-6-5-9-18(19)20/h2-15H,1H3. The molecule has 0 N–H and O–H groups in total. The van der Waals surface area contributed by atoms with Crippen molar-refractivity contribution in [3.63, 3.8) is 0 Å². The monoisotopic (exact) mass is 339 g/mol. The number of para-hydroxylation sites is 2. The van der Waals surface area contributed by atoms with E-state index in [0.29, 0.717) is 5.56 Å². The van der Waals surface area contributed by atoms with Crippen LogP contribution in [0.4, 0.5) is 5.69 Å². The summed E-state index contributed by atoms with van der Waals surface area (Å²) in [5.74, 6) is -0.0647. The third-order valence-electron chi connectivity index (χ3n) is 4.37. The normalized spacial score (nSPS) is 10.7. The fourth-order valence-electron chi connectivity index (χ4n) is 2.97. The van der Waals surface area contributed by atoms with Gasteiger partial charge in [-0.1, -0.05) is 36.4 Å². The zero-order valence-electron chi connectivity index (χ0n) is 14.3. The zero-order valence-corrected chi connectivity index (χ0v) is 14.3. The number of benzene rings is 2. The van der Waals surface area contributed by atoms with Crippen LogP contribution in [0.3, 0.4) is 0 Å². The van der Waals surface area contributed by atoms with Crippen LogP contribution < -0.4 is 4.90 Å². The van der Waals surface area contributed by atoms with E-state index in [2.05, 4.69) is 4.98 Å². The molecule has 0 bridgehead atoms. The van der Waals surface area contributed by atoms with Crippen LogP contribution in [0.15, 0.2) is 85.2 Å². The molecule has 0 aliphatic heterocycles. The molecule has 0 aliphatic carbocycles. The van der Waals surface area contributed by atoms with Gasteiger partial charge >= 0.3 is 0 Å². The molecule has 0 radical (unpaired) electrons. The third kappa shape index (κ3) is 2.93. The number of nitrogens with zero attached hydrogens (tertiary/aromatic N) is 3. The van der Waals surface area contributed by atoms with Gasteiger partial charge in [0.05, 0.1) is 16.8 Å². The first-order valence-electron chi connectivity index (χ1n) is 8.37. The van der Waals surface area contributed by atoms with Gasteiger partial charge in [0.1, 0.15) is 0 Å². The number of hydrogen-bond donors (Lipinski definition) is 0. The Morgan fingerprint density at radius 3 is 2.35 bits per heavy atom. The molecule has 0 saturated heterocycles. The smallest absolute Gasteiger partial charge is 0.258 e. The number of rotatable bonds is 3. The summed E-state index contributed by atoms with van der Waals surface area (Å²) in [5.41, 5.74) is 3.97. The maximum atomic E-state index is 13.2. The van der Waals surface area contributed by atoms with Crippen molar-refractivity contribution in [2.75, 3.05) is 11.9 Å². The Hall–Kier alpha value is -3.53. The van der Waals surface area contributed by atoms with Gasteiger partial charge in [-0.2, -0.15) is 0 Å². The molecule has 2 aromatic carbocycles. The van der Waals surface area contributed by atoms with E-state index < -0.39 is 0 Å². The van der Waals surface area contributed by atoms with E-state index in [1.54, 1.807) is 24.3 Å². The Balaban J connectivity index is 1.87. The Morgan fingerprint density at radius 1 is 0.885 bits per heavy atom. The van der Waals surface area contributed by atoms with Crippen molar-refractivity contribution >= 4 is 22.5 Å². The summed E-state index contributed by atoms with van der Waals surface area (Å²) in [4.78, 5) is 23.7. The molecule has 0 atom stereocenters. The van der Waals surface area contributed by atoms with Crippen molar-refractivity contribution in [2.24, 2.45) is 0 Å². The minimum absolute atomic E-state index is 0.0647. The lowest BCUT2D eigenvalue weighted by atomic mass is 10.0. The second-order valence-corrected chi connectivity index (χ2v) is 6.01. The quantitative estimate of drug-likeness (QED) is 0.549. The number of anilines is 1. The van der Waals surface area contributed by atoms with Gasteiger partial charge in [-0.3, -0.25) is 9.78 Å². The van der Waals surface area contributed by atoms with Crippen LogP contribution in [0, 0.1) is 0 Å². The molecule has 26 heavy (non-hydrogen) atoms. The summed E-state index contributed by atoms with van der Waals surface area (Å²) in [6.45, 7) is 0. The van der Waals surface area contributed by atoms with Crippen LogP contribution in [0.2, 0.25) is 0 Å². The van der Waals surface area contributed by atoms with Gasteiger partial charge in [-0.25, -0.2) is 4.98 Å². The maximum Gasteiger partial charge on any atom is 0.258 e. The van der Waals surface area contributed by atoms with Gasteiger partial charge in [0.15, 0.2) is 0 Å². The molecular formula is C22H17N3O. The average Bonchev–Trinajstić information content (AvgIpc) is 2.73. The van der Waals surface area contributed by atoms with Crippen molar-refractivity contribution in [2.45, 2.75) is 0 Å². The molecule has 1 amide bonds. The number of amides is 1. The fourth-order valence-corrected chi connectivity index (χ4v) is 2.97. The van der Waals surface area contributed by atoms with Gasteiger partial charge in [0.2, 0.25) is 0 Å². The predicted octanol–water partition coefficient (Wildman–Crippen LogP) is 4.57. The summed E-state index contributed by atoms with van der Waals surface area (Å²) in [7, 11) is 1.79. The predicted molar refractivity (Wildman–Crippen MR) is 104 cm³/mol. The Bertz CT molecular complexity index is 1060. The molecule has 0 spiro atoms. The van der Waals surface area contributed by atoms with Crippen LogP contribution in [0.25, 0.3) is 22.2 Å². The van der Waals surface area contributed by atoms with E-state index in [0.717, 1.165) is 27.8 Å². The zero-order chi connectivity index (χ0) is 17.9. The van der Waals surface area contributed by atoms with Gasteiger partial charge in [0, 0.05) is 36.1 Å². The van der Waals surface area contributed by atoms with Crippen LogP contribution in [-0.2, 0) is 0 Å². The first-order chi connectivity index (χ1) is 12.7. The maximum absolute atomic E-state index is 13.2. The van der Waals surface area contributed by atoms with Crippen molar-refractivity contribution < 1.29 is 4.79 Å². The average molecular weight is 339 g/mol. The fraction of sp³-hybridized carbons (Fsp3) is 0.0455. The van der Waals surface area contributed by atoms with Gasteiger partial charge in [-0.05, 0) is 36.4 Å². The van der Waals surface area contributed by atoms with Crippen molar-refractivity contribution in [3.05, 3.63) is 90.8 Å². The summed E-state index contributed by atoms with van der Waals surface area (Å²) in [6.07, 6.45) is 3.45. The molecule has 4 aromatic rings. The molecule has 2 heterocycles. The van der Waals surface area contributed by atoms with E-state index in [-0.39, 0.29) is 5.91 Å². The number of carbonyl (C=O) groups excluding carboxylic acids is 1. The second-order valence-electron chi connectivity index (χ2n) is 6.01. The molecule has 0 unspecified atom stereocenters. The van der Waals surface area contributed by atoms with Crippen LogP contribution in [0.1, 0.15) is 10.4 Å². The van der Waals surface area contributed by atoms with Crippen LogP contribution in [0.5, 0.6) is 0 Å². The molecule has 4 heteroatoms. The van der Waals surface area contributed by atoms with Gasteiger partial charge in [0.25, 0.3) is 5.91 Å². The molecule has 126 valence electrons. The highest BCUT2D eigenvalue weighted by Crippen LogP contribution is 2.26. The Kier molecular flexibility index (Phi) is 4.15. The largest absolute Gasteiger partial charge is 0.311 e. The lowest BCUT2D eigenvalue weighted by molar-refractivity contribution is 0.0994. The molecule has 2 aromatic heterocycles. The number of fused-ring (bicyclic) bond motifs is 1. The Morgan fingerprint density at radius 2 is 1.58 bits per heavy atom. The van der Waals surface area contributed by atoms with E-state index in [9.17, 15) is 4.79 Å². The van der Waals surface area contributed by atoms with Crippen LogP contribution in [-0.4, -0.2) is 22.9 Å². The highest BCUT2D eigenvalue weighted by molar-refractivity contribution is 6.14. The third-order valence-corrected chi connectivity index (χ3v) is 4.37. The molecule has 0 aliphatic rings. The minimum Gasteiger partial charge on any atom is -0.311 e. The number of aromatic nitrogens is 2. The van der Waals surface area contributed by atoms with Crippen molar-refractivity contribution in [1.82, 2.24) is 9.97 Å². The number of pyridine rings is 2. The highest BCUT2D eigenvalue weighted by Gasteiger charge is 2.18. The highest BCUT2D eigenvalue weighted by atomic mass is 16.2. The lowest BCUT2D eigenvalue weighted by Gasteiger charge is -2.19.